The minimum absolute atomic E-state index is 0.408. The molecule has 0 unspecified atom stereocenters. The van der Waals surface area contributed by atoms with Crippen molar-refractivity contribution in [2.45, 2.75) is 13.2 Å². The average Bonchev–Trinajstić information content (AvgIpc) is 3.01. The van der Waals surface area contributed by atoms with Gasteiger partial charge >= 0.3 is 0 Å². The van der Waals surface area contributed by atoms with Gasteiger partial charge in [0, 0.05) is 6.20 Å². The Hall–Kier alpha value is -2.01. The van der Waals surface area contributed by atoms with E-state index in [9.17, 15) is 0 Å². The van der Waals surface area contributed by atoms with Gasteiger partial charge in [0.05, 0.1) is 22.5 Å². The molecule has 5 nitrogen and oxygen atoms in total. The van der Waals surface area contributed by atoms with E-state index in [0.29, 0.717) is 10.8 Å². The highest BCUT2D eigenvalue weighted by Gasteiger charge is 2.16. The van der Waals surface area contributed by atoms with Crippen molar-refractivity contribution in [2.24, 2.45) is 0 Å². The molecule has 18 heavy (non-hydrogen) atoms. The average molecular weight is 264 g/mol. The Kier molecular flexibility index (Phi) is 2.68. The van der Waals surface area contributed by atoms with Gasteiger partial charge in [0.15, 0.2) is 5.82 Å². The number of nitrogens with zero attached hydrogens (tertiary/aromatic N) is 3. The van der Waals surface area contributed by atoms with Gasteiger partial charge in [-0.1, -0.05) is 11.6 Å². The third kappa shape index (κ3) is 1.93. The smallest absolute Gasteiger partial charge is 0.267 e. The maximum Gasteiger partial charge on any atom is 0.267 e. The first kappa shape index (κ1) is 11.1. The van der Waals surface area contributed by atoms with E-state index in [1.54, 1.807) is 17.1 Å². The molecule has 0 atom stereocenters. The van der Waals surface area contributed by atoms with Crippen molar-refractivity contribution >= 4 is 11.6 Å². The van der Waals surface area contributed by atoms with Crippen molar-refractivity contribution in [1.82, 2.24) is 14.8 Å². The van der Waals surface area contributed by atoms with Crippen LogP contribution in [-0.4, -0.2) is 14.8 Å². The van der Waals surface area contributed by atoms with E-state index in [1.165, 1.54) is 12.5 Å². The Balaban J connectivity index is 1.86. The number of ether oxygens (including phenoxy) is 2. The van der Waals surface area contributed by atoms with Gasteiger partial charge in [0.25, 0.3) is 6.29 Å². The molecule has 3 rings (SSSR count). The zero-order valence-corrected chi connectivity index (χ0v) is 10.3. The number of hydrogen-bond donors (Lipinski definition) is 0. The molecule has 0 spiro atoms. The Bertz CT molecular complexity index is 564. The van der Waals surface area contributed by atoms with Crippen LogP contribution in [0.15, 0.2) is 37.1 Å². The summed E-state index contributed by atoms with van der Waals surface area (Å²) in [5, 5.41) is 4.87. The normalized spacial score (nSPS) is 14.6. The van der Waals surface area contributed by atoms with Gasteiger partial charge in [-0.2, -0.15) is 5.10 Å². The molecule has 0 N–H and O–H groups in total. The Labute approximate surface area is 109 Å². The molecule has 3 heterocycles. The van der Waals surface area contributed by atoms with E-state index < -0.39 is 6.29 Å². The summed E-state index contributed by atoms with van der Waals surface area (Å²) < 4.78 is 12.1. The van der Waals surface area contributed by atoms with Crippen LogP contribution < -0.4 is 0 Å². The summed E-state index contributed by atoms with van der Waals surface area (Å²) in [5.41, 5.74) is 1.62. The molecule has 2 aromatic rings. The van der Waals surface area contributed by atoms with Gasteiger partial charge in [-0.15, -0.1) is 0 Å². The molecule has 0 radical (unpaired) electrons. The molecule has 0 saturated carbocycles. The first-order chi connectivity index (χ1) is 8.74. The molecule has 1 aliphatic rings. The number of hydrogen-bond acceptors (Lipinski definition) is 4. The maximum absolute atomic E-state index is 5.95. The van der Waals surface area contributed by atoms with Crippen LogP contribution in [0.4, 0.5) is 0 Å². The third-order valence-electron chi connectivity index (χ3n) is 2.58. The van der Waals surface area contributed by atoms with E-state index >= 15 is 0 Å². The molecule has 0 amide bonds. The Morgan fingerprint density at radius 2 is 2.06 bits per heavy atom. The van der Waals surface area contributed by atoms with Crippen LogP contribution in [0.1, 0.15) is 17.5 Å². The highest BCUT2D eigenvalue weighted by molar-refractivity contribution is 6.31. The second-order valence-corrected chi connectivity index (χ2v) is 4.24. The monoisotopic (exact) mass is 263 g/mol. The van der Waals surface area contributed by atoms with Gasteiger partial charge < -0.3 is 9.47 Å². The van der Waals surface area contributed by atoms with Crippen LogP contribution in [0.3, 0.4) is 0 Å². The molecule has 2 aromatic heterocycles. The summed E-state index contributed by atoms with van der Waals surface area (Å²) in [7, 11) is 0. The summed E-state index contributed by atoms with van der Waals surface area (Å²) in [6, 6.07) is 3.72. The number of aryl methyl sites for hydroxylation is 1. The standard InChI is InChI=1S/C12H10ClN3O2/c1-8-10(13)7-16(15-8)11-3-2-9(6-14-11)12-17-4-5-18-12/h2-7,12H,1H3. The summed E-state index contributed by atoms with van der Waals surface area (Å²) in [6.07, 6.45) is 6.03. The summed E-state index contributed by atoms with van der Waals surface area (Å²) >= 11 is 5.95. The van der Waals surface area contributed by atoms with Gasteiger partial charge in [-0.05, 0) is 19.1 Å². The van der Waals surface area contributed by atoms with E-state index in [2.05, 4.69) is 10.1 Å². The van der Waals surface area contributed by atoms with Gasteiger partial charge in [0.1, 0.15) is 12.5 Å². The predicted molar refractivity (Wildman–Crippen MR) is 65.2 cm³/mol. The van der Waals surface area contributed by atoms with E-state index in [-0.39, 0.29) is 0 Å². The van der Waals surface area contributed by atoms with Crippen LogP contribution >= 0.6 is 11.6 Å². The van der Waals surface area contributed by atoms with Crippen molar-refractivity contribution in [1.29, 1.82) is 0 Å². The second-order valence-electron chi connectivity index (χ2n) is 3.83. The zero-order valence-electron chi connectivity index (χ0n) is 9.58. The molecule has 92 valence electrons. The van der Waals surface area contributed by atoms with Crippen LogP contribution in [0.5, 0.6) is 0 Å². The van der Waals surface area contributed by atoms with Crippen molar-refractivity contribution < 1.29 is 9.47 Å². The SMILES string of the molecule is Cc1nn(-c2ccc(C3OC=CO3)cn2)cc1Cl. The largest absolute Gasteiger partial charge is 0.455 e. The van der Waals surface area contributed by atoms with Crippen LogP contribution in [0.25, 0.3) is 5.82 Å². The molecule has 0 saturated heterocycles. The minimum Gasteiger partial charge on any atom is -0.455 e. The molecular formula is C12H10ClN3O2. The number of halogens is 1. The predicted octanol–water partition coefficient (Wildman–Crippen LogP) is 2.75. The van der Waals surface area contributed by atoms with Gasteiger partial charge in [0.2, 0.25) is 0 Å². The number of aromatic nitrogens is 3. The molecule has 6 heteroatoms. The van der Waals surface area contributed by atoms with Crippen molar-refractivity contribution in [3.05, 3.63) is 53.3 Å². The fraction of sp³-hybridized carbons (Fsp3) is 0.167. The van der Waals surface area contributed by atoms with Gasteiger partial charge in [-0.3, -0.25) is 0 Å². The van der Waals surface area contributed by atoms with Crippen molar-refractivity contribution in [2.75, 3.05) is 0 Å². The molecular weight excluding hydrogens is 254 g/mol. The van der Waals surface area contributed by atoms with E-state index in [1.807, 2.05) is 19.1 Å². The zero-order chi connectivity index (χ0) is 12.5. The van der Waals surface area contributed by atoms with Gasteiger partial charge in [-0.25, -0.2) is 9.67 Å². The third-order valence-corrected chi connectivity index (χ3v) is 2.95. The lowest BCUT2D eigenvalue weighted by Gasteiger charge is -2.10. The molecule has 0 bridgehead atoms. The van der Waals surface area contributed by atoms with E-state index in [0.717, 1.165) is 11.3 Å². The Morgan fingerprint density at radius 1 is 1.28 bits per heavy atom. The first-order valence-electron chi connectivity index (χ1n) is 5.38. The molecule has 0 aromatic carbocycles. The van der Waals surface area contributed by atoms with Crippen LogP contribution in [0.2, 0.25) is 5.02 Å². The second kappa shape index (κ2) is 4.34. The lowest BCUT2D eigenvalue weighted by atomic mass is 10.3. The molecule has 0 aliphatic carbocycles. The number of pyridine rings is 1. The maximum atomic E-state index is 5.95. The quantitative estimate of drug-likeness (QED) is 0.836. The number of rotatable bonds is 2. The van der Waals surface area contributed by atoms with Crippen LogP contribution in [0, 0.1) is 6.92 Å². The fourth-order valence-electron chi connectivity index (χ4n) is 1.62. The lowest BCUT2D eigenvalue weighted by molar-refractivity contribution is -0.0248. The molecule has 0 fully saturated rings. The van der Waals surface area contributed by atoms with Crippen molar-refractivity contribution in [3.8, 4) is 5.82 Å². The summed E-state index contributed by atoms with van der Waals surface area (Å²) in [5.74, 6) is 0.694. The lowest BCUT2D eigenvalue weighted by Crippen LogP contribution is -2.02. The minimum atomic E-state index is -0.408. The Morgan fingerprint density at radius 3 is 2.61 bits per heavy atom. The fourth-order valence-corrected chi connectivity index (χ4v) is 1.76. The van der Waals surface area contributed by atoms with Crippen molar-refractivity contribution in [3.63, 3.8) is 0 Å². The topological polar surface area (TPSA) is 49.2 Å². The van der Waals surface area contributed by atoms with Crippen LogP contribution in [-0.2, 0) is 9.47 Å². The molecule has 1 aliphatic heterocycles. The highest BCUT2D eigenvalue weighted by Crippen LogP contribution is 2.24. The summed E-state index contributed by atoms with van der Waals surface area (Å²) in [6.45, 7) is 1.85. The highest BCUT2D eigenvalue weighted by atomic mass is 35.5. The summed E-state index contributed by atoms with van der Waals surface area (Å²) in [4.78, 5) is 4.30. The van der Waals surface area contributed by atoms with E-state index in [4.69, 9.17) is 21.1 Å². The first-order valence-corrected chi connectivity index (χ1v) is 5.76.